The van der Waals surface area contributed by atoms with Gasteiger partial charge in [0.15, 0.2) is 11.5 Å². The van der Waals surface area contributed by atoms with Crippen molar-refractivity contribution in [1.29, 1.82) is 0 Å². The number of carbonyl (C=O) groups is 2. The predicted molar refractivity (Wildman–Crippen MR) is 137 cm³/mol. The number of ether oxygens (including phenoxy) is 1. The standard InChI is InChI=1S/C30H30F3N3O3/c1-2-39-30(38)25-17-6-7-18(14-17)26(25)34-29(37)27-22-10-8-19(12-16-4-3-5-20(31)13-16)28(22)36(35-27)24-11-9-21(32)15-23(24)33/h3-5,9,11,13,15,17-19,25-26H,2,6-8,10,12,14H2,1H3,(H,34,37)/t17-,18+,19?,25+,26-/m0/s1. The fourth-order valence-corrected chi connectivity index (χ4v) is 7.05. The van der Waals surface area contributed by atoms with Crippen LogP contribution in [-0.4, -0.2) is 34.3 Å². The summed E-state index contributed by atoms with van der Waals surface area (Å²) < 4.78 is 49.3. The number of fused-ring (bicyclic) bond motifs is 3. The molecule has 39 heavy (non-hydrogen) atoms. The molecule has 0 saturated heterocycles. The maximum absolute atomic E-state index is 15.0. The lowest BCUT2D eigenvalue weighted by molar-refractivity contribution is -0.150. The number of carbonyl (C=O) groups excluding carboxylic acids is 2. The lowest BCUT2D eigenvalue weighted by Gasteiger charge is -2.30. The van der Waals surface area contributed by atoms with E-state index < -0.39 is 23.5 Å². The van der Waals surface area contributed by atoms with Crippen molar-refractivity contribution in [3.8, 4) is 5.69 Å². The van der Waals surface area contributed by atoms with Crippen LogP contribution in [0.1, 0.15) is 65.8 Å². The van der Waals surface area contributed by atoms with Crippen LogP contribution >= 0.6 is 0 Å². The minimum absolute atomic E-state index is 0.0437. The summed E-state index contributed by atoms with van der Waals surface area (Å²) in [6.45, 7) is 2.05. The fourth-order valence-electron chi connectivity index (χ4n) is 7.05. The third kappa shape index (κ3) is 4.61. The normalized spacial score (nSPS) is 25.1. The van der Waals surface area contributed by atoms with Crippen LogP contribution in [-0.2, 0) is 22.4 Å². The molecule has 2 aromatic carbocycles. The van der Waals surface area contributed by atoms with E-state index in [4.69, 9.17) is 4.74 Å². The first-order valence-electron chi connectivity index (χ1n) is 13.6. The van der Waals surface area contributed by atoms with Crippen molar-refractivity contribution in [2.24, 2.45) is 17.8 Å². The second-order valence-electron chi connectivity index (χ2n) is 10.9. The first kappa shape index (κ1) is 25.6. The van der Waals surface area contributed by atoms with Gasteiger partial charge in [-0.25, -0.2) is 17.9 Å². The molecule has 1 N–H and O–H groups in total. The van der Waals surface area contributed by atoms with Crippen molar-refractivity contribution >= 4 is 11.9 Å². The van der Waals surface area contributed by atoms with Crippen LogP contribution in [0.2, 0.25) is 0 Å². The van der Waals surface area contributed by atoms with Crippen molar-refractivity contribution < 1.29 is 27.5 Å². The number of nitrogens with one attached hydrogen (secondary N) is 1. The number of nitrogens with zero attached hydrogens (tertiary/aromatic N) is 2. The molecule has 1 aromatic heterocycles. The van der Waals surface area contributed by atoms with Gasteiger partial charge in [-0.3, -0.25) is 9.59 Å². The number of amides is 1. The van der Waals surface area contributed by atoms with Gasteiger partial charge < -0.3 is 10.1 Å². The summed E-state index contributed by atoms with van der Waals surface area (Å²) in [6, 6.07) is 9.23. The molecule has 0 aliphatic heterocycles. The molecule has 3 aliphatic carbocycles. The molecule has 6 rings (SSSR count). The van der Waals surface area contributed by atoms with Gasteiger partial charge in [0.05, 0.1) is 18.2 Å². The average molecular weight is 538 g/mol. The molecule has 1 heterocycles. The minimum Gasteiger partial charge on any atom is -0.466 e. The van der Waals surface area contributed by atoms with E-state index in [-0.39, 0.29) is 53.6 Å². The van der Waals surface area contributed by atoms with Gasteiger partial charge in [-0.05, 0) is 87.1 Å². The maximum atomic E-state index is 15.0. The van der Waals surface area contributed by atoms with E-state index in [1.165, 1.54) is 22.9 Å². The van der Waals surface area contributed by atoms with Crippen LogP contribution in [0.3, 0.4) is 0 Å². The molecule has 204 valence electrons. The van der Waals surface area contributed by atoms with E-state index in [0.717, 1.165) is 37.0 Å². The van der Waals surface area contributed by atoms with Gasteiger partial charge in [0.25, 0.3) is 5.91 Å². The summed E-state index contributed by atoms with van der Waals surface area (Å²) in [5, 5.41) is 7.65. The van der Waals surface area contributed by atoms with Crippen molar-refractivity contribution in [2.45, 2.75) is 57.4 Å². The first-order valence-corrected chi connectivity index (χ1v) is 13.6. The summed E-state index contributed by atoms with van der Waals surface area (Å²) in [5.74, 6) is -2.70. The molecule has 5 atom stereocenters. The molecule has 3 aromatic rings. The summed E-state index contributed by atoms with van der Waals surface area (Å²) in [6.07, 6.45) is 4.45. The Balaban J connectivity index is 1.36. The van der Waals surface area contributed by atoms with Gasteiger partial charge in [-0.15, -0.1) is 0 Å². The zero-order valence-corrected chi connectivity index (χ0v) is 21.6. The molecule has 0 radical (unpaired) electrons. The molecule has 0 spiro atoms. The first-order chi connectivity index (χ1) is 18.8. The van der Waals surface area contributed by atoms with E-state index >= 15 is 0 Å². The van der Waals surface area contributed by atoms with Crippen LogP contribution in [0.4, 0.5) is 13.2 Å². The molecule has 3 aliphatic rings. The Labute approximate surface area is 224 Å². The fraction of sp³-hybridized carbons (Fsp3) is 0.433. The quantitative estimate of drug-likeness (QED) is 0.417. The molecular formula is C30H30F3N3O3. The highest BCUT2D eigenvalue weighted by Gasteiger charge is 2.52. The van der Waals surface area contributed by atoms with Crippen LogP contribution in [0, 0.1) is 35.2 Å². The minimum atomic E-state index is -0.792. The Bertz CT molecular complexity index is 1440. The number of esters is 1. The van der Waals surface area contributed by atoms with Crippen molar-refractivity contribution in [1.82, 2.24) is 15.1 Å². The smallest absolute Gasteiger partial charge is 0.311 e. The van der Waals surface area contributed by atoms with Crippen LogP contribution in [0.25, 0.3) is 5.69 Å². The molecule has 1 unspecified atom stereocenters. The highest BCUT2D eigenvalue weighted by Crippen LogP contribution is 2.49. The lowest BCUT2D eigenvalue weighted by atomic mass is 9.84. The molecular weight excluding hydrogens is 507 g/mol. The Hall–Kier alpha value is -3.62. The van der Waals surface area contributed by atoms with Gasteiger partial charge in [-0.1, -0.05) is 12.1 Å². The average Bonchev–Trinajstić information content (AvgIpc) is 3.67. The number of hydrogen-bond donors (Lipinski definition) is 1. The molecule has 2 fully saturated rings. The van der Waals surface area contributed by atoms with Crippen LogP contribution < -0.4 is 5.32 Å². The van der Waals surface area contributed by atoms with Gasteiger partial charge in [0.1, 0.15) is 17.3 Å². The van der Waals surface area contributed by atoms with E-state index in [9.17, 15) is 22.8 Å². The predicted octanol–water partition coefficient (Wildman–Crippen LogP) is 5.27. The Morgan fingerprint density at radius 1 is 1.05 bits per heavy atom. The summed E-state index contributed by atoms with van der Waals surface area (Å²) in [4.78, 5) is 26.5. The third-order valence-electron chi connectivity index (χ3n) is 8.65. The van der Waals surface area contributed by atoms with Gasteiger partial charge in [0.2, 0.25) is 0 Å². The van der Waals surface area contributed by atoms with Gasteiger partial charge >= 0.3 is 5.97 Å². The van der Waals surface area contributed by atoms with Crippen molar-refractivity contribution in [3.05, 3.63) is 82.4 Å². The third-order valence-corrected chi connectivity index (χ3v) is 8.65. The second kappa shape index (κ2) is 10.2. The SMILES string of the molecule is CCOC(=O)[C@@H]1[C@H]2CC[C@H](C2)[C@@H]1NC(=O)c1nn(-c2ccc(F)cc2F)c2c1CCC2Cc1cccc(F)c1. The Morgan fingerprint density at radius 2 is 1.85 bits per heavy atom. The highest BCUT2D eigenvalue weighted by molar-refractivity contribution is 5.95. The number of rotatable bonds is 7. The summed E-state index contributed by atoms with van der Waals surface area (Å²) >= 11 is 0. The number of aromatic nitrogens is 2. The highest BCUT2D eigenvalue weighted by atomic mass is 19.1. The molecule has 2 bridgehead atoms. The van der Waals surface area contributed by atoms with Crippen molar-refractivity contribution in [3.63, 3.8) is 0 Å². The van der Waals surface area contributed by atoms with Crippen molar-refractivity contribution in [2.75, 3.05) is 6.61 Å². The zero-order chi connectivity index (χ0) is 27.3. The second-order valence-corrected chi connectivity index (χ2v) is 10.9. The number of halogens is 3. The largest absolute Gasteiger partial charge is 0.466 e. The van der Waals surface area contributed by atoms with E-state index in [0.29, 0.717) is 30.5 Å². The van der Waals surface area contributed by atoms with Crippen LogP contribution in [0.15, 0.2) is 42.5 Å². The topological polar surface area (TPSA) is 73.2 Å². The van der Waals surface area contributed by atoms with E-state index in [2.05, 4.69) is 10.4 Å². The molecule has 9 heteroatoms. The number of benzene rings is 2. The molecule has 6 nitrogen and oxygen atoms in total. The van der Waals surface area contributed by atoms with Gasteiger partial charge in [0, 0.05) is 23.6 Å². The monoisotopic (exact) mass is 537 g/mol. The maximum Gasteiger partial charge on any atom is 0.311 e. The number of hydrogen-bond acceptors (Lipinski definition) is 4. The van der Waals surface area contributed by atoms with E-state index in [1.54, 1.807) is 13.0 Å². The summed E-state index contributed by atoms with van der Waals surface area (Å²) in [5.41, 5.74) is 2.38. The van der Waals surface area contributed by atoms with Gasteiger partial charge in [-0.2, -0.15) is 5.10 Å². The van der Waals surface area contributed by atoms with Crippen LogP contribution in [0.5, 0.6) is 0 Å². The van der Waals surface area contributed by atoms with E-state index in [1.807, 2.05) is 6.07 Å². The molecule has 1 amide bonds. The summed E-state index contributed by atoms with van der Waals surface area (Å²) in [7, 11) is 0. The molecule has 2 saturated carbocycles. The Kier molecular flexibility index (Phi) is 6.69. The lowest BCUT2D eigenvalue weighted by Crippen LogP contribution is -2.47. The Morgan fingerprint density at radius 3 is 2.62 bits per heavy atom. The zero-order valence-electron chi connectivity index (χ0n) is 21.6.